The Morgan fingerprint density at radius 2 is 1.69 bits per heavy atom. The Balaban J connectivity index is 1.20. The standard InChI is InChI=1S/C28H28O4/c1-31-22-4-2-3-18(12-22)19-5-6-20-13-24(14-21(20)11-19)32-23-8-7-17-9-10-28(25(17)15-23)16-26(28)27(29)30/h2-8,11-12,15,24,26-27,29-30H,9-10,13-14,16H2,1H3. The molecule has 6 rings (SSSR count). The normalized spacial score (nSPS) is 25.1. The molecule has 3 aliphatic rings. The quantitative estimate of drug-likeness (QED) is 0.591. The molecule has 3 unspecified atom stereocenters. The van der Waals surface area contributed by atoms with E-state index in [4.69, 9.17) is 9.47 Å². The summed E-state index contributed by atoms with van der Waals surface area (Å²) in [5, 5.41) is 19.4. The molecule has 1 spiro atoms. The van der Waals surface area contributed by atoms with Gasteiger partial charge in [-0.3, -0.25) is 0 Å². The number of aliphatic hydroxyl groups excluding tert-OH is 1. The van der Waals surface area contributed by atoms with Crippen molar-refractivity contribution in [2.24, 2.45) is 5.92 Å². The van der Waals surface area contributed by atoms with Gasteiger partial charge < -0.3 is 19.7 Å². The maximum Gasteiger partial charge on any atom is 0.155 e. The molecular weight excluding hydrogens is 400 g/mol. The second kappa shape index (κ2) is 7.36. The number of hydrogen-bond donors (Lipinski definition) is 2. The van der Waals surface area contributed by atoms with Crippen molar-refractivity contribution in [3.63, 3.8) is 0 Å². The summed E-state index contributed by atoms with van der Waals surface area (Å²) in [5.74, 6) is 1.73. The van der Waals surface area contributed by atoms with Crippen LogP contribution in [0.2, 0.25) is 0 Å². The Labute approximate surface area is 188 Å². The molecule has 0 radical (unpaired) electrons. The highest BCUT2D eigenvalue weighted by Crippen LogP contribution is 2.62. The van der Waals surface area contributed by atoms with Crippen LogP contribution < -0.4 is 9.47 Å². The fourth-order valence-electron chi connectivity index (χ4n) is 5.96. The molecule has 164 valence electrons. The van der Waals surface area contributed by atoms with Gasteiger partial charge >= 0.3 is 0 Å². The van der Waals surface area contributed by atoms with Gasteiger partial charge in [0.15, 0.2) is 6.29 Å². The van der Waals surface area contributed by atoms with E-state index in [1.165, 1.54) is 27.8 Å². The van der Waals surface area contributed by atoms with Crippen LogP contribution in [0.5, 0.6) is 11.5 Å². The summed E-state index contributed by atoms with van der Waals surface area (Å²) in [6, 6.07) is 21.3. The molecule has 32 heavy (non-hydrogen) atoms. The molecule has 3 atom stereocenters. The van der Waals surface area contributed by atoms with Gasteiger partial charge in [0.1, 0.15) is 17.6 Å². The van der Waals surface area contributed by atoms with Crippen LogP contribution in [0, 0.1) is 5.92 Å². The van der Waals surface area contributed by atoms with Crippen LogP contribution in [0.3, 0.4) is 0 Å². The molecule has 1 saturated carbocycles. The zero-order chi connectivity index (χ0) is 21.9. The first-order chi connectivity index (χ1) is 15.6. The van der Waals surface area contributed by atoms with Crippen LogP contribution in [0.25, 0.3) is 11.1 Å². The van der Waals surface area contributed by atoms with Crippen LogP contribution in [0.1, 0.15) is 35.1 Å². The van der Waals surface area contributed by atoms with Crippen LogP contribution in [0.15, 0.2) is 60.7 Å². The maximum absolute atomic E-state index is 9.69. The average molecular weight is 429 g/mol. The molecule has 0 saturated heterocycles. The third kappa shape index (κ3) is 3.21. The second-order valence-corrected chi connectivity index (χ2v) is 9.56. The third-order valence-corrected chi connectivity index (χ3v) is 7.76. The number of methoxy groups -OCH3 is 1. The maximum atomic E-state index is 9.69. The van der Waals surface area contributed by atoms with E-state index in [0.29, 0.717) is 0 Å². The van der Waals surface area contributed by atoms with Gasteiger partial charge in [-0.1, -0.05) is 36.4 Å². The van der Waals surface area contributed by atoms with Gasteiger partial charge in [-0.15, -0.1) is 0 Å². The Morgan fingerprint density at radius 1 is 0.875 bits per heavy atom. The number of aliphatic hydroxyl groups is 2. The summed E-state index contributed by atoms with van der Waals surface area (Å²) in [4.78, 5) is 0. The predicted molar refractivity (Wildman–Crippen MR) is 123 cm³/mol. The first-order valence-electron chi connectivity index (χ1n) is 11.5. The van der Waals surface area contributed by atoms with Crippen molar-refractivity contribution in [2.45, 2.75) is 49.9 Å². The lowest BCUT2D eigenvalue weighted by Crippen LogP contribution is -2.18. The van der Waals surface area contributed by atoms with E-state index in [-0.39, 0.29) is 17.4 Å². The number of rotatable bonds is 5. The fraction of sp³-hybridized carbons (Fsp3) is 0.357. The molecule has 4 heteroatoms. The van der Waals surface area contributed by atoms with Crippen molar-refractivity contribution in [3.05, 3.63) is 82.9 Å². The molecule has 0 aromatic heterocycles. The molecule has 2 N–H and O–H groups in total. The smallest absolute Gasteiger partial charge is 0.155 e. The van der Waals surface area contributed by atoms with Gasteiger partial charge in [0.05, 0.1) is 7.11 Å². The van der Waals surface area contributed by atoms with Crippen LogP contribution in [-0.4, -0.2) is 29.7 Å². The molecule has 3 aromatic rings. The summed E-state index contributed by atoms with van der Waals surface area (Å²) in [7, 11) is 1.69. The van der Waals surface area contributed by atoms with E-state index >= 15 is 0 Å². The van der Waals surface area contributed by atoms with E-state index < -0.39 is 6.29 Å². The van der Waals surface area contributed by atoms with Crippen molar-refractivity contribution in [2.75, 3.05) is 7.11 Å². The molecule has 0 aliphatic heterocycles. The topological polar surface area (TPSA) is 58.9 Å². The number of aryl methyl sites for hydroxylation is 1. The monoisotopic (exact) mass is 428 g/mol. The Morgan fingerprint density at radius 3 is 2.50 bits per heavy atom. The van der Waals surface area contributed by atoms with Gasteiger partial charge in [0, 0.05) is 24.2 Å². The van der Waals surface area contributed by atoms with Crippen molar-refractivity contribution in [1.82, 2.24) is 0 Å². The Bertz CT molecular complexity index is 1180. The lowest BCUT2D eigenvalue weighted by molar-refractivity contribution is -0.0619. The van der Waals surface area contributed by atoms with Crippen LogP contribution in [0.4, 0.5) is 0 Å². The van der Waals surface area contributed by atoms with Gasteiger partial charge in [0.25, 0.3) is 0 Å². The predicted octanol–water partition coefficient (Wildman–Crippen LogP) is 4.42. The van der Waals surface area contributed by atoms with Gasteiger partial charge in [-0.2, -0.15) is 0 Å². The molecule has 0 amide bonds. The second-order valence-electron chi connectivity index (χ2n) is 9.56. The molecular formula is C28H28O4. The summed E-state index contributed by atoms with van der Waals surface area (Å²) < 4.78 is 11.8. The molecule has 3 aromatic carbocycles. The number of ether oxygens (including phenoxy) is 2. The fourth-order valence-corrected chi connectivity index (χ4v) is 5.96. The Kier molecular flexibility index (Phi) is 4.56. The third-order valence-electron chi connectivity index (χ3n) is 7.76. The molecule has 0 heterocycles. The zero-order valence-electron chi connectivity index (χ0n) is 18.3. The van der Waals surface area contributed by atoms with Crippen molar-refractivity contribution < 1.29 is 19.7 Å². The molecule has 0 bridgehead atoms. The highest BCUT2D eigenvalue weighted by Gasteiger charge is 2.60. The summed E-state index contributed by atoms with van der Waals surface area (Å²) in [6.45, 7) is 0. The average Bonchev–Trinajstić information content (AvgIpc) is 3.25. The number of hydrogen-bond acceptors (Lipinski definition) is 4. The van der Waals surface area contributed by atoms with Crippen LogP contribution in [-0.2, 0) is 24.7 Å². The highest BCUT2D eigenvalue weighted by atomic mass is 16.5. The van der Waals surface area contributed by atoms with E-state index in [1.54, 1.807) is 7.11 Å². The van der Waals surface area contributed by atoms with E-state index in [9.17, 15) is 10.2 Å². The Hall–Kier alpha value is -2.82. The van der Waals surface area contributed by atoms with Gasteiger partial charge in [-0.05, 0) is 76.9 Å². The first kappa shape index (κ1) is 19.8. The van der Waals surface area contributed by atoms with E-state index in [2.05, 4.69) is 48.5 Å². The van der Waals surface area contributed by atoms with Crippen molar-refractivity contribution in [1.29, 1.82) is 0 Å². The van der Waals surface area contributed by atoms with E-state index in [0.717, 1.165) is 49.2 Å². The lowest BCUT2D eigenvalue weighted by Gasteiger charge is -2.17. The van der Waals surface area contributed by atoms with Gasteiger partial charge in [-0.25, -0.2) is 0 Å². The minimum atomic E-state index is -1.23. The van der Waals surface area contributed by atoms with Crippen molar-refractivity contribution >= 4 is 0 Å². The largest absolute Gasteiger partial charge is 0.497 e. The van der Waals surface area contributed by atoms with Crippen molar-refractivity contribution in [3.8, 4) is 22.6 Å². The zero-order valence-corrected chi connectivity index (χ0v) is 18.3. The van der Waals surface area contributed by atoms with Crippen LogP contribution >= 0.6 is 0 Å². The highest BCUT2D eigenvalue weighted by molar-refractivity contribution is 5.67. The summed E-state index contributed by atoms with van der Waals surface area (Å²) >= 11 is 0. The van der Waals surface area contributed by atoms with E-state index in [1.807, 2.05) is 12.1 Å². The minimum Gasteiger partial charge on any atom is -0.497 e. The molecule has 3 aliphatic carbocycles. The SMILES string of the molecule is COc1cccc(-c2ccc3c(c2)CC(Oc2ccc4c(c2)C2(CC4)CC2C(O)O)C3)c1. The summed E-state index contributed by atoms with van der Waals surface area (Å²) in [6.07, 6.45) is 3.59. The number of fused-ring (bicyclic) bond motifs is 3. The number of benzene rings is 3. The summed E-state index contributed by atoms with van der Waals surface area (Å²) in [5.41, 5.74) is 7.61. The van der Waals surface area contributed by atoms with Gasteiger partial charge in [0.2, 0.25) is 0 Å². The lowest BCUT2D eigenvalue weighted by atomic mass is 9.95. The first-order valence-corrected chi connectivity index (χ1v) is 11.5. The minimum absolute atomic E-state index is 0.0373. The molecule has 4 nitrogen and oxygen atoms in total. The molecule has 1 fully saturated rings.